The molecule has 0 unspecified atom stereocenters. The Hall–Kier alpha value is -3.08. The first-order valence-electron chi connectivity index (χ1n) is 8.78. The lowest BCUT2D eigenvalue weighted by Crippen LogP contribution is -2.17. The fraction of sp³-hybridized carbons (Fsp3) is 0.190. The van der Waals surface area contributed by atoms with E-state index in [4.69, 9.17) is 4.42 Å². The standard InChI is InChI=1S/C21H18N3O2/c1-14-4-7-20-22-18(13-24(20)12-14)17-10-15-5-6-16(23-8-2-3-9-23)11-19(15)26-21(17)25/h2,4-7,10-13H,3,8-9H2,1H3. The number of anilines is 1. The number of nitrogens with zero attached hydrogens (tertiary/aromatic N) is 3. The van der Waals surface area contributed by atoms with Gasteiger partial charge in [0.1, 0.15) is 11.2 Å². The number of imidazole rings is 1. The summed E-state index contributed by atoms with van der Waals surface area (Å²) in [6.07, 6.45) is 7.21. The molecule has 0 N–H and O–H groups in total. The van der Waals surface area contributed by atoms with Crippen LogP contribution < -0.4 is 10.5 Å². The molecule has 1 radical (unpaired) electrons. The van der Waals surface area contributed by atoms with Crippen LogP contribution in [0.15, 0.2) is 58.0 Å². The quantitative estimate of drug-likeness (QED) is 0.519. The average molecular weight is 344 g/mol. The molecule has 4 aromatic rings. The zero-order valence-corrected chi connectivity index (χ0v) is 14.5. The van der Waals surface area contributed by atoms with Crippen LogP contribution in [0.2, 0.25) is 0 Å². The molecule has 4 heterocycles. The van der Waals surface area contributed by atoms with Gasteiger partial charge in [-0.1, -0.05) is 6.07 Å². The SMILES string of the molecule is Cc1ccc2nc(-c3cc4ccc(N5C[CH]CC5)cc4oc3=O)cn2c1. The van der Waals surface area contributed by atoms with Crippen LogP contribution in [0.3, 0.4) is 0 Å². The summed E-state index contributed by atoms with van der Waals surface area (Å²) in [5, 5.41) is 0.903. The Kier molecular flexibility index (Phi) is 3.35. The minimum Gasteiger partial charge on any atom is -0.422 e. The average Bonchev–Trinajstić information content (AvgIpc) is 3.30. The molecule has 0 bridgehead atoms. The fourth-order valence-corrected chi connectivity index (χ4v) is 3.53. The van der Waals surface area contributed by atoms with Crippen molar-refractivity contribution in [2.75, 3.05) is 18.0 Å². The lowest BCUT2D eigenvalue weighted by molar-refractivity contribution is 0.563. The van der Waals surface area contributed by atoms with Crippen molar-refractivity contribution in [1.29, 1.82) is 0 Å². The number of pyridine rings is 1. The van der Waals surface area contributed by atoms with Gasteiger partial charge in [0.2, 0.25) is 0 Å². The van der Waals surface area contributed by atoms with Gasteiger partial charge in [-0.2, -0.15) is 0 Å². The van der Waals surface area contributed by atoms with Crippen LogP contribution in [0.1, 0.15) is 12.0 Å². The Morgan fingerprint density at radius 1 is 1.12 bits per heavy atom. The zero-order chi connectivity index (χ0) is 17.7. The highest BCUT2D eigenvalue weighted by atomic mass is 16.4. The molecule has 5 heteroatoms. The minimum absolute atomic E-state index is 0.359. The number of benzene rings is 1. The van der Waals surface area contributed by atoms with E-state index in [-0.39, 0.29) is 5.63 Å². The molecule has 5 rings (SSSR count). The maximum Gasteiger partial charge on any atom is 0.345 e. The third-order valence-corrected chi connectivity index (χ3v) is 4.91. The highest BCUT2D eigenvalue weighted by Crippen LogP contribution is 2.26. The van der Waals surface area contributed by atoms with Crippen LogP contribution in [0.4, 0.5) is 5.69 Å². The Morgan fingerprint density at radius 2 is 2.04 bits per heavy atom. The van der Waals surface area contributed by atoms with Gasteiger partial charge >= 0.3 is 5.63 Å². The van der Waals surface area contributed by atoms with Gasteiger partial charge < -0.3 is 13.7 Å². The zero-order valence-electron chi connectivity index (χ0n) is 14.5. The molecule has 0 spiro atoms. The van der Waals surface area contributed by atoms with Crippen LogP contribution in [-0.4, -0.2) is 22.5 Å². The summed E-state index contributed by atoms with van der Waals surface area (Å²) < 4.78 is 7.56. The summed E-state index contributed by atoms with van der Waals surface area (Å²) in [6, 6.07) is 11.9. The summed E-state index contributed by atoms with van der Waals surface area (Å²) in [6.45, 7) is 3.97. The second kappa shape index (κ2) is 5.73. The smallest absolute Gasteiger partial charge is 0.345 e. The molecule has 5 nitrogen and oxygen atoms in total. The molecular weight excluding hydrogens is 326 g/mol. The summed E-state index contributed by atoms with van der Waals surface area (Å²) in [7, 11) is 0. The van der Waals surface area contributed by atoms with Crippen LogP contribution >= 0.6 is 0 Å². The van der Waals surface area contributed by atoms with Crippen molar-refractivity contribution in [3.8, 4) is 11.3 Å². The second-order valence-corrected chi connectivity index (χ2v) is 6.79. The Balaban J connectivity index is 1.62. The van der Waals surface area contributed by atoms with Gasteiger partial charge in [0.05, 0.1) is 11.3 Å². The molecule has 0 atom stereocenters. The highest BCUT2D eigenvalue weighted by molar-refractivity contribution is 5.84. The van der Waals surface area contributed by atoms with Crippen molar-refractivity contribution in [3.05, 3.63) is 71.2 Å². The fourth-order valence-electron chi connectivity index (χ4n) is 3.53. The second-order valence-electron chi connectivity index (χ2n) is 6.79. The first-order valence-corrected chi connectivity index (χ1v) is 8.78. The summed E-state index contributed by atoms with van der Waals surface area (Å²) in [5.41, 5.74) is 4.41. The van der Waals surface area contributed by atoms with Gasteiger partial charge in [-0.3, -0.25) is 0 Å². The highest BCUT2D eigenvalue weighted by Gasteiger charge is 2.15. The van der Waals surface area contributed by atoms with Crippen molar-refractivity contribution in [2.45, 2.75) is 13.3 Å². The van der Waals surface area contributed by atoms with Crippen molar-refractivity contribution >= 4 is 22.3 Å². The predicted molar refractivity (Wildman–Crippen MR) is 103 cm³/mol. The van der Waals surface area contributed by atoms with Crippen molar-refractivity contribution < 1.29 is 4.42 Å². The molecule has 1 aromatic carbocycles. The van der Waals surface area contributed by atoms with E-state index in [1.165, 1.54) is 0 Å². The first kappa shape index (κ1) is 15.2. The van der Waals surface area contributed by atoms with Crippen LogP contribution in [-0.2, 0) is 0 Å². The molecule has 3 aromatic heterocycles. The molecule has 26 heavy (non-hydrogen) atoms. The van der Waals surface area contributed by atoms with Crippen molar-refractivity contribution in [1.82, 2.24) is 9.38 Å². The van der Waals surface area contributed by atoms with E-state index >= 15 is 0 Å². The largest absolute Gasteiger partial charge is 0.422 e. The first-order chi connectivity index (χ1) is 12.7. The van der Waals surface area contributed by atoms with E-state index in [9.17, 15) is 4.79 Å². The Morgan fingerprint density at radius 3 is 2.88 bits per heavy atom. The molecule has 0 amide bonds. The van der Waals surface area contributed by atoms with Crippen LogP contribution in [0.25, 0.3) is 27.9 Å². The topological polar surface area (TPSA) is 50.8 Å². The maximum absolute atomic E-state index is 12.6. The Labute approximate surface area is 150 Å². The number of aryl methyl sites for hydroxylation is 1. The lowest BCUT2D eigenvalue weighted by atomic mass is 10.1. The predicted octanol–water partition coefficient (Wildman–Crippen LogP) is 3.83. The summed E-state index contributed by atoms with van der Waals surface area (Å²) >= 11 is 0. The number of fused-ring (bicyclic) bond motifs is 2. The molecule has 1 fully saturated rings. The molecular formula is C21H18N3O2. The van der Waals surface area contributed by atoms with Gasteiger partial charge in [0.25, 0.3) is 0 Å². The molecule has 0 aliphatic carbocycles. The molecule has 1 saturated heterocycles. The molecule has 1 aliphatic rings. The summed E-state index contributed by atoms with van der Waals surface area (Å²) in [4.78, 5) is 19.4. The number of aromatic nitrogens is 2. The van der Waals surface area contributed by atoms with Gasteiger partial charge in [-0.05, 0) is 49.6 Å². The van der Waals surface area contributed by atoms with Gasteiger partial charge in [0.15, 0.2) is 0 Å². The number of hydrogen-bond donors (Lipinski definition) is 0. The van der Waals surface area contributed by atoms with Gasteiger partial charge in [-0.25, -0.2) is 9.78 Å². The van der Waals surface area contributed by atoms with Crippen LogP contribution in [0.5, 0.6) is 0 Å². The summed E-state index contributed by atoms with van der Waals surface area (Å²) in [5.74, 6) is 0. The third-order valence-electron chi connectivity index (χ3n) is 4.91. The molecule has 129 valence electrons. The number of hydrogen-bond acceptors (Lipinski definition) is 4. The van der Waals surface area contributed by atoms with Crippen molar-refractivity contribution in [3.63, 3.8) is 0 Å². The van der Waals surface area contributed by atoms with Crippen molar-refractivity contribution in [2.24, 2.45) is 0 Å². The molecule has 0 saturated carbocycles. The third kappa shape index (κ3) is 2.47. The van der Waals surface area contributed by atoms with E-state index in [1.54, 1.807) is 0 Å². The van der Waals surface area contributed by atoms with E-state index in [0.717, 1.165) is 41.8 Å². The number of rotatable bonds is 2. The maximum atomic E-state index is 12.6. The Bertz CT molecular complexity index is 1180. The van der Waals surface area contributed by atoms with E-state index < -0.39 is 0 Å². The minimum atomic E-state index is -0.359. The van der Waals surface area contributed by atoms with E-state index in [0.29, 0.717) is 16.8 Å². The van der Waals surface area contributed by atoms with Gasteiger partial charge in [-0.15, -0.1) is 0 Å². The van der Waals surface area contributed by atoms with Crippen LogP contribution in [0, 0.1) is 13.3 Å². The lowest BCUT2D eigenvalue weighted by Gasteiger charge is -2.17. The van der Waals surface area contributed by atoms with E-state index in [2.05, 4.69) is 22.4 Å². The van der Waals surface area contributed by atoms with E-state index in [1.807, 2.05) is 54.0 Å². The molecule has 1 aliphatic heterocycles. The monoisotopic (exact) mass is 344 g/mol. The normalized spacial score (nSPS) is 14.6. The van der Waals surface area contributed by atoms with Gasteiger partial charge in [0, 0.05) is 42.6 Å².